The van der Waals surface area contributed by atoms with E-state index in [4.69, 9.17) is 5.73 Å². The second-order valence-electron chi connectivity index (χ2n) is 9.90. The highest BCUT2D eigenvalue weighted by atomic mass is 16.2. The van der Waals surface area contributed by atoms with E-state index >= 15 is 0 Å². The Bertz CT molecular complexity index is 649. The quantitative estimate of drug-likeness (QED) is 0.106. The zero-order valence-electron chi connectivity index (χ0n) is 23.1. The summed E-state index contributed by atoms with van der Waals surface area (Å²) in [6.07, 6.45) is 1.84. The summed E-state index contributed by atoms with van der Waals surface area (Å²) in [6, 6.07) is 0. The van der Waals surface area contributed by atoms with Crippen LogP contribution in [0.3, 0.4) is 0 Å². The van der Waals surface area contributed by atoms with E-state index in [9.17, 15) is 14.4 Å². The van der Waals surface area contributed by atoms with E-state index in [-0.39, 0.29) is 24.1 Å². The maximum absolute atomic E-state index is 12.8. The van der Waals surface area contributed by atoms with Crippen LogP contribution < -0.4 is 53.6 Å². The average molecular weight is 529 g/mol. The van der Waals surface area contributed by atoms with E-state index in [1.807, 2.05) is 14.1 Å². The summed E-state index contributed by atoms with van der Waals surface area (Å²) in [6.45, 7) is 9.09. The Morgan fingerprint density at radius 2 is 1.19 bits per heavy atom. The second-order valence-corrected chi connectivity index (χ2v) is 9.90. The Morgan fingerprint density at radius 1 is 0.730 bits per heavy atom. The van der Waals surface area contributed by atoms with Crippen LogP contribution in [0.5, 0.6) is 0 Å². The topological polar surface area (TPSA) is 186 Å². The van der Waals surface area contributed by atoms with Gasteiger partial charge in [0.05, 0.1) is 11.1 Å². The first kappa shape index (κ1) is 33.2. The minimum absolute atomic E-state index is 0.0512. The number of amides is 3. The van der Waals surface area contributed by atoms with Crippen LogP contribution >= 0.6 is 0 Å². The first-order chi connectivity index (χ1) is 17.8. The highest BCUT2D eigenvalue weighted by molar-refractivity contribution is 5.79. The SMILES string of the molecule is CNCC1(NC(C)=O)CNCCNCC(CNC)(NC(=O)CCCC(=O)NCCCN)CNCCNC1. The lowest BCUT2D eigenvalue weighted by molar-refractivity contribution is -0.124. The molecule has 0 saturated carbocycles. The second kappa shape index (κ2) is 19.2. The molecule has 11 N–H and O–H groups in total. The van der Waals surface area contributed by atoms with Crippen LogP contribution in [-0.4, -0.2) is 121 Å². The standard InChI is InChI=1S/C24H52N10O3/c1-20(35)33-23(14-26-2)16-28-10-12-30-18-24(15-27-3,19-31-13-11-29-17-23)34-22(37)7-4-6-21(36)32-9-5-8-25/h26-31H,4-19,25H2,1-3H3,(H,32,36)(H,33,35)(H,34,37). The summed E-state index contributed by atoms with van der Waals surface area (Å²) in [5, 5.41) is 29.4. The molecular weight excluding hydrogens is 476 g/mol. The third kappa shape index (κ3) is 14.6. The number of nitrogens with one attached hydrogen (secondary N) is 9. The van der Waals surface area contributed by atoms with Gasteiger partial charge in [-0.1, -0.05) is 0 Å². The lowest BCUT2D eigenvalue weighted by Gasteiger charge is -2.37. The highest BCUT2D eigenvalue weighted by Gasteiger charge is 2.32. The normalized spacial score (nSPS) is 24.0. The molecule has 1 heterocycles. The molecule has 216 valence electrons. The van der Waals surface area contributed by atoms with E-state index in [0.29, 0.717) is 91.4 Å². The van der Waals surface area contributed by atoms with Crippen molar-refractivity contribution in [3.8, 4) is 0 Å². The predicted molar refractivity (Wildman–Crippen MR) is 147 cm³/mol. The van der Waals surface area contributed by atoms with Gasteiger partial charge in [-0.05, 0) is 33.5 Å². The molecule has 0 spiro atoms. The van der Waals surface area contributed by atoms with Gasteiger partial charge in [-0.25, -0.2) is 0 Å². The minimum atomic E-state index is -0.522. The van der Waals surface area contributed by atoms with Crippen molar-refractivity contribution in [1.82, 2.24) is 47.9 Å². The van der Waals surface area contributed by atoms with Crippen molar-refractivity contribution in [3.05, 3.63) is 0 Å². The smallest absolute Gasteiger partial charge is 0.220 e. The summed E-state index contributed by atoms with van der Waals surface area (Å²) in [5.74, 6) is -0.182. The molecule has 0 aliphatic carbocycles. The number of hydrogen-bond acceptors (Lipinski definition) is 10. The molecule has 37 heavy (non-hydrogen) atoms. The Hall–Kier alpha value is -1.87. The van der Waals surface area contributed by atoms with E-state index in [0.717, 1.165) is 6.42 Å². The fraction of sp³-hybridized carbons (Fsp3) is 0.875. The fourth-order valence-corrected chi connectivity index (χ4v) is 4.54. The third-order valence-corrected chi connectivity index (χ3v) is 6.20. The molecule has 0 atom stereocenters. The number of carbonyl (C=O) groups excluding carboxylic acids is 3. The predicted octanol–water partition coefficient (Wildman–Crippen LogP) is -3.84. The average Bonchev–Trinajstić information content (AvgIpc) is 2.83. The van der Waals surface area contributed by atoms with Gasteiger partial charge in [0, 0.05) is 91.8 Å². The molecule has 1 fully saturated rings. The van der Waals surface area contributed by atoms with Gasteiger partial charge < -0.3 is 53.6 Å². The molecule has 0 unspecified atom stereocenters. The van der Waals surface area contributed by atoms with E-state index < -0.39 is 11.1 Å². The Balaban J connectivity index is 2.69. The van der Waals surface area contributed by atoms with Crippen molar-refractivity contribution in [2.24, 2.45) is 5.73 Å². The summed E-state index contributed by atoms with van der Waals surface area (Å²) in [5.41, 5.74) is 4.49. The van der Waals surface area contributed by atoms with Crippen LogP contribution in [0, 0.1) is 0 Å². The Kier molecular flexibility index (Phi) is 17.2. The van der Waals surface area contributed by atoms with Gasteiger partial charge in [-0.3, -0.25) is 14.4 Å². The van der Waals surface area contributed by atoms with Crippen molar-refractivity contribution < 1.29 is 14.4 Å². The molecule has 13 nitrogen and oxygen atoms in total. The van der Waals surface area contributed by atoms with Crippen LogP contribution in [0.2, 0.25) is 0 Å². The molecule has 0 aromatic heterocycles. The fourth-order valence-electron chi connectivity index (χ4n) is 4.54. The number of nitrogens with two attached hydrogens (primary N) is 1. The lowest BCUT2D eigenvalue weighted by Crippen LogP contribution is -2.66. The zero-order chi connectivity index (χ0) is 27.4. The molecule has 3 amide bonds. The number of carbonyl (C=O) groups is 3. The first-order valence-corrected chi connectivity index (χ1v) is 13.5. The van der Waals surface area contributed by atoms with Gasteiger partial charge in [0.15, 0.2) is 0 Å². The van der Waals surface area contributed by atoms with Crippen molar-refractivity contribution in [1.29, 1.82) is 0 Å². The van der Waals surface area contributed by atoms with E-state index in [1.54, 1.807) is 6.92 Å². The Labute approximate surface area is 222 Å². The highest BCUT2D eigenvalue weighted by Crippen LogP contribution is 2.06. The Morgan fingerprint density at radius 3 is 1.62 bits per heavy atom. The van der Waals surface area contributed by atoms with E-state index in [1.165, 1.54) is 0 Å². The number of rotatable bonds is 13. The molecule has 0 bridgehead atoms. The maximum Gasteiger partial charge on any atom is 0.220 e. The van der Waals surface area contributed by atoms with Crippen molar-refractivity contribution >= 4 is 17.7 Å². The number of likely N-dealkylation sites (N-methyl/N-ethyl adjacent to an activating group) is 2. The summed E-state index contributed by atoms with van der Waals surface area (Å²) in [4.78, 5) is 36.6. The monoisotopic (exact) mass is 528 g/mol. The summed E-state index contributed by atoms with van der Waals surface area (Å²) in [7, 11) is 3.75. The number of hydrogen-bond donors (Lipinski definition) is 10. The molecule has 1 saturated heterocycles. The molecular formula is C24H52N10O3. The van der Waals surface area contributed by atoms with Crippen molar-refractivity contribution in [2.75, 3.05) is 92.6 Å². The van der Waals surface area contributed by atoms with Crippen LogP contribution in [-0.2, 0) is 14.4 Å². The molecule has 1 rings (SSSR count). The van der Waals surface area contributed by atoms with Gasteiger partial charge in [-0.15, -0.1) is 0 Å². The van der Waals surface area contributed by atoms with Crippen molar-refractivity contribution in [3.63, 3.8) is 0 Å². The maximum atomic E-state index is 12.8. The van der Waals surface area contributed by atoms with Crippen molar-refractivity contribution in [2.45, 2.75) is 43.7 Å². The molecule has 0 aromatic carbocycles. The van der Waals surface area contributed by atoms with E-state index in [2.05, 4.69) is 47.9 Å². The van der Waals surface area contributed by atoms with Crippen LogP contribution in [0.1, 0.15) is 32.6 Å². The molecule has 0 aromatic rings. The molecule has 1 aliphatic rings. The van der Waals surface area contributed by atoms with Gasteiger partial charge in [-0.2, -0.15) is 0 Å². The van der Waals surface area contributed by atoms with Gasteiger partial charge in [0.2, 0.25) is 17.7 Å². The summed E-state index contributed by atoms with van der Waals surface area (Å²) < 4.78 is 0. The van der Waals surface area contributed by atoms with Gasteiger partial charge in [0.1, 0.15) is 0 Å². The summed E-state index contributed by atoms with van der Waals surface area (Å²) >= 11 is 0. The molecule has 0 radical (unpaired) electrons. The molecule has 13 heteroatoms. The van der Waals surface area contributed by atoms with Crippen LogP contribution in [0.4, 0.5) is 0 Å². The zero-order valence-corrected chi connectivity index (χ0v) is 23.1. The largest absolute Gasteiger partial charge is 0.356 e. The van der Waals surface area contributed by atoms with Gasteiger partial charge in [0.25, 0.3) is 0 Å². The lowest BCUT2D eigenvalue weighted by atomic mass is 9.97. The molecule has 1 aliphatic heterocycles. The first-order valence-electron chi connectivity index (χ1n) is 13.5. The van der Waals surface area contributed by atoms with Crippen LogP contribution in [0.15, 0.2) is 0 Å². The minimum Gasteiger partial charge on any atom is -0.356 e. The van der Waals surface area contributed by atoms with Crippen LogP contribution in [0.25, 0.3) is 0 Å². The van der Waals surface area contributed by atoms with Gasteiger partial charge >= 0.3 is 0 Å². The third-order valence-electron chi connectivity index (χ3n) is 6.20.